The Kier molecular flexibility index (Phi) is 1.32. The normalized spacial score (nSPS) is 15.0. The Bertz CT molecular complexity index is 301. The number of hydrogen-bond acceptors (Lipinski definition) is 2. The van der Waals surface area contributed by atoms with Crippen LogP contribution in [0.5, 0.6) is 0 Å². The van der Waals surface area contributed by atoms with E-state index in [1.165, 1.54) is 0 Å². The Morgan fingerprint density at radius 3 is 3.18 bits per heavy atom. The molecule has 0 aliphatic carbocycles. The predicted molar refractivity (Wildman–Crippen MR) is 39.3 cm³/mol. The molecule has 1 aliphatic rings. The number of aromatic amines is 1. The van der Waals surface area contributed by atoms with E-state index in [2.05, 4.69) is 4.98 Å². The third kappa shape index (κ3) is 0.886. The fourth-order valence-corrected chi connectivity index (χ4v) is 1.36. The van der Waals surface area contributed by atoms with Gasteiger partial charge in [0.1, 0.15) is 0 Å². The Hall–Kier alpha value is -1.09. The molecule has 0 fully saturated rings. The van der Waals surface area contributed by atoms with Crippen molar-refractivity contribution in [3.05, 3.63) is 23.0 Å². The van der Waals surface area contributed by atoms with Crippen LogP contribution < -0.4 is 0 Å². The van der Waals surface area contributed by atoms with Crippen LogP contribution in [0.2, 0.25) is 0 Å². The van der Waals surface area contributed by atoms with Crippen LogP contribution >= 0.6 is 0 Å². The molecule has 1 N–H and O–H groups in total. The summed E-state index contributed by atoms with van der Waals surface area (Å²) in [6.45, 7) is 2.76. The molecule has 3 heteroatoms. The Morgan fingerprint density at radius 2 is 2.45 bits per heavy atom. The van der Waals surface area contributed by atoms with Gasteiger partial charge in [0.25, 0.3) is 0 Å². The number of Topliss-reactive ketones (excluding diaryl/α,β-unsaturated/α-hetero) is 1. The molecule has 0 saturated carbocycles. The van der Waals surface area contributed by atoms with Gasteiger partial charge in [-0.25, -0.2) is 0 Å². The number of H-pyrrole nitrogens is 1. The standard InChI is InChI=1S/C8H9NO2/c1-5(10)6-2-9-8-4-11-3-7(6)8/h2,9H,3-4H2,1H3. The van der Waals surface area contributed by atoms with E-state index in [0.717, 1.165) is 16.8 Å². The largest absolute Gasteiger partial charge is 0.370 e. The summed E-state index contributed by atoms with van der Waals surface area (Å²) in [7, 11) is 0. The molecule has 2 heterocycles. The van der Waals surface area contributed by atoms with Crippen molar-refractivity contribution in [2.75, 3.05) is 0 Å². The molecule has 0 saturated heterocycles. The number of ketones is 1. The van der Waals surface area contributed by atoms with Gasteiger partial charge in [0.15, 0.2) is 5.78 Å². The van der Waals surface area contributed by atoms with E-state index in [9.17, 15) is 4.79 Å². The molecule has 11 heavy (non-hydrogen) atoms. The second kappa shape index (κ2) is 2.20. The average molecular weight is 151 g/mol. The zero-order valence-corrected chi connectivity index (χ0v) is 6.31. The molecule has 0 amide bonds. The smallest absolute Gasteiger partial charge is 0.161 e. The maximum absolute atomic E-state index is 11.0. The second-order valence-electron chi connectivity index (χ2n) is 2.71. The predicted octanol–water partition coefficient (Wildman–Crippen LogP) is 1.25. The lowest BCUT2D eigenvalue weighted by Crippen LogP contribution is -1.93. The maximum atomic E-state index is 11.0. The Labute approximate surface area is 64.4 Å². The molecule has 58 valence electrons. The first kappa shape index (κ1) is 6.61. The molecule has 0 spiro atoms. The van der Waals surface area contributed by atoms with Gasteiger partial charge in [-0.1, -0.05) is 0 Å². The van der Waals surface area contributed by atoms with Crippen LogP contribution in [-0.2, 0) is 18.0 Å². The molecule has 0 unspecified atom stereocenters. The number of carbonyl (C=O) groups is 1. The molecule has 0 radical (unpaired) electrons. The van der Waals surface area contributed by atoms with Gasteiger partial charge in [0, 0.05) is 23.0 Å². The van der Waals surface area contributed by atoms with Gasteiger partial charge in [-0.05, 0) is 6.92 Å². The third-order valence-electron chi connectivity index (χ3n) is 1.95. The second-order valence-corrected chi connectivity index (χ2v) is 2.71. The Balaban J connectivity index is 2.50. The quantitative estimate of drug-likeness (QED) is 0.614. The lowest BCUT2D eigenvalue weighted by Gasteiger charge is -1.91. The van der Waals surface area contributed by atoms with Crippen LogP contribution in [-0.4, -0.2) is 10.8 Å². The molecule has 2 rings (SSSR count). The summed E-state index contributed by atoms with van der Waals surface area (Å²) < 4.78 is 5.16. The highest BCUT2D eigenvalue weighted by atomic mass is 16.5. The summed E-state index contributed by atoms with van der Waals surface area (Å²) in [5.74, 6) is 0.105. The van der Waals surface area contributed by atoms with E-state index in [1.54, 1.807) is 13.1 Å². The van der Waals surface area contributed by atoms with Crippen molar-refractivity contribution in [2.24, 2.45) is 0 Å². The van der Waals surface area contributed by atoms with Crippen molar-refractivity contribution in [2.45, 2.75) is 20.1 Å². The summed E-state index contributed by atoms with van der Waals surface area (Å²) in [6.07, 6.45) is 1.76. The molecule has 0 bridgehead atoms. The van der Waals surface area contributed by atoms with Crippen LogP contribution in [0.4, 0.5) is 0 Å². The van der Waals surface area contributed by atoms with Gasteiger partial charge >= 0.3 is 0 Å². The topological polar surface area (TPSA) is 42.1 Å². The molecule has 0 atom stereocenters. The summed E-state index contributed by atoms with van der Waals surface area (Å²) in [6, 6.07) is 0. The number of aromatic nitrogens is 1. The van der Waals surface area contributed by atoms with Crippen molar-refractivity contribution < 1.29 is 9.53 Å². The lowest BCUT2D eigenvalue weighted by atomic mass is 10.1. The highest BCUT2D eigenvalue weighted by Crippen LogP contribution is 2.22. The SMILES string of the molecule is CC(=O)c1c[nH]c2c1COC2. The zero-order valence-electron chi connectivity index (χ0n) is 6.31. The van der Waals surface area contributed by atoms with Crippen molar-refractivity contribution in [3.8, 4) is 0 Å². The summed E-state index contributed by atoms with van der Waals surface area (Å²) in [5, 5.41) is 0. The van der Waals surface area contributed by atoms with Gasteiger partial charge in [-0.2, -0.15) is 0 Å². The van der Waals surface area contributed by atoms with E-state index < -0.39 is 0 Å². The molecule has 1 aliphatic heterocycles. The average Bonchev–Trinajstić information content (AvgIpc) is 2.41. The van der Waals surface area contributed by atoms with E-state index in [1.807, 2.05) is 0 Å². The van der Waals surface area contributed by atoms with Crippen LogP contribution in [0.3, 0.4) is 0 Å². The van der Waals surface area contributed by atoms with Crippen LogP contribution in [0.1, 0.15) is 28.5 Å². The molecular formula is C8H9NO2. The number of hydrogen-bond donors (Lipinski definition) is 1. The minimum atomic E-state index is 0.105. The van der Waals surface area contributed by atoms with Gasteiger partial charge in [0.2, 0.25) is 0 Å². The minimum Gasteiger partial charge on any atom is -0.370 e. The summed E-state index contributed by atoms with van der Waals surface area (Å²) in [5.41, 5.74) is 2.87. The lowest BCUT2D eigenvalue weighted by molar-refractivity contribution is 0.101. The number of ether oxygens (including phenoxy) is 1. The van der Waals surface area contributed by atoms with Crippen molar-refractivity contribution >= 4 is 5.78 Å². The first-order valence-corrected chi connectivity index (χ1v) is 3.57. The number of fused-ring (bicyclic) bond motifs is 1. The molecular weight excluding hydrogens is 142 g/mol. The van der Waals surface area contributed by atoms with Crippen LogP contribution in [0, 0.1) is 0 Å². The van der Waals surface area contributed by atoms with Gasteiger partial charge in [-0.3, -0.25) is 4.79 Å². The fourth-order valence-electron chi connectivity index (χ4n) is 1.36. The van der Waals surface area contributed by atoms with Gasteiger partial charge < -0.3 is 9.72 Å². The van der Waals surface area contributed by atoms with E-state index in [-0.39, 0.29) is 5.78 Å². The highest BCUT2D eigenvalue weighted by Gasteiger charge is 2.18. The minimum absolute atomic E-state index is 0.105. The monoisotopic (exact) mass is 151 g/mol. The highest BCUT2D eigenvalue weighted by molar-refractivity contribution is 5.95. The number of carbonyl (C=O) groups excluding carboxylic acids is 1. The molecule has 0 aromatic carbocycles. The van der Waals surface area contributed by atoms with Gasteiger partial charge in [-0.15, -0.1) is 0 Å². The zero-order chi connectivity index (χ0) is 7.84. The van der Waals surface area contributed by atoms with E-state index >= 15 is 0 Å². The first-order valence-electron chi connectivity index (χ1n) is 3.57. The maximum Gasteiger partial charge on any atom is 0.161 e. The number of nitrogens with one attached hydrogen (secondary N) is 1. The Morgan fingerprint density at radius 1 is 1.64 bits per heavy atom. The van der Waals surface area contributed by atoms with E-state index in [4.69, 9.17) is 4.74 Å². The van der Waals surface area contributed by atoms with Crippen LogP contribution in [0.25, 0.3) is 0 Å². The molecule has 3 nitrogen and oxygen atoms in total. The third-order valence-corrected chi connectivity index (χ3v) is 1.95. The number of rotatable bonds is 1. The van der Waals surface area contributed by atoms with Crippen molar-refractivity contribution in [1.82, 2.24) is 4.98 Å². The molecule has 1 aromatic rings. The fraction of sp³-hybridized carbons (Fsp3) is 0.375. The van der Waals surface area contributed by atoms with Crippen molar-refractivity contribution in [1.29, 1.82) is 0 Å². The summed E-state index contributed by atoms with van der Waals surface area (Å²) >= 11 is 0. The summed E-state index contributed by atoms with van der Waals surface area (Å²) in [4.78, 5) is 14.0. The van der Waals surface area contributed by atoms with Gasteiger partial charge in [0.05, 0.1) is 13.2 Å². The molecule has 1 aromatic heterocycles. The van der Waals surface area contributed by atoms with Crippen molar-refractivity contribution in [3.63, 3.8) is 0 Å². The first-order chi connectivity index (χ1) is 5.29. The van der Waals surface area contributed by atoms with Crippen LogP contribution in [0.15, 0.2) is 6.20 Å². The van der Waals surface area contributed by atoms with E-state index in [0.29, 0.717) is 13.2 Å².